The molecule has 0 heterocycles. The lowest BCUT2D eigenvalue weighted by Crippen LogP contribution is -2.11. The third-order valence-electron chi connectivity index (χ3n) is 2.67. The van der Waals surface area contributed by atoms with Gasteiger partial charge < -0.3 is 9.47 Å². The number of hydrogen-bond donors (Lipinski definition) is 0. The molecule has 0 aromatic rings. The van der Waals surface area contributed by atoms with Crippen LogP contribution >= 0.6 is 0 Å². The average Bonchev–Trinajstić information content (AvgIpc) is 2.56. The van der Waals surface area contributed by atoms with Gasteiger partial charge in [-0.15, -0.1) is 0 Å². The molecule has 1 unspecified atom stereocenters. The smallest absolute Gasteiger partial charge is 0.130 e. The molecule has 1 saturated carbocycles. The zero-order valence-electron chi connectivity index (χ0n) is 9.18. The fourth-order valence-corrected chi connectivity index (χ4v) is 0.826. The maximum Gasteiger partial charge on any atom is 0.130 e. The maximum atomic E-state index is 4.74. The highest BCUT2D eigenvalue weighted by molar-refractivity contribution is 6.09. The van der Waals surface area contributed by atoms with Gasteiger partial charge in [0.2, 0.25) is 0 Å². The van der Waals surface area contributed by atoms with Crippen LogP contribution in [0, 0.1) is 11.3 Å². The van der Waals surface area contributed by atoms with E-state index in [-0.39, 0.29) is 5.91 Å². The Labute approximate surface area is 79.1 Å². The topological polar surface area (TPSA) is 18.5 Å². The molecule has 1 atom stereocenters. The minimum atomic E-state index is 0.0741. The molecule has 0 spiro atoms. The van der Waals surface area contributed by atoms with Crippen LogP contribution < -0.4 is 0 Å². The molecule has 1 aliphatic carbocycles. The second-order valence-electron chi connectivity index (χ2n) is 4.13. The summed E-state index contributed by atoms with van der Waals surface area (Å²) in [5.74, 6) is 1.07. The fraction of sp³-hybridized carbons (Fsp3) is 1.00. The predicted molar refractivity (Wildman–Crippen MR) is 55.3 cm³/mol. The van der Waals surface area contributed by atoms with E-state index in [1.807, 2.05) is 0 Å². The van der Waals surface area contributed by atoms with Gasteiger partial charge in [-0.1, -0.05) is 20.8 Å². The standard InChI is InChI=1S/C6H12.C3H10O2Si/c1-5-4-6(5,2)3;1-4-3(6)5-2/h5H,4H2,1-3H3;3H,1-2,6H3. The molecule has 0 amide bonds. The van der Waals surface area contributed by atoms with Crippen molar-refractivity contribution in [2.75, 3.05) is 14.2 Å². The Bertz CT molecular complexity index is 122. The molecule has 0 aromatic heterocycles. The molecule has 0 bridgehead atoms. The predicted octanol–water partition coefficient (Wildman–Crippen LogP) is 0.981. The Morgan fingerprint density at radius 3 is 1.58 bits per heavy atom. The molecule has 74 valence electrons. The summed E-state index contributed by atoms with van der Waals surface area (Å²) in [5, 5.41) is 0. The average molecular weight is 190 g/mol. The van der Waals surface area contributed by atoms with Gasteiger partial charge in [0.25, 0.3) is 0 Å². The molecule has 0 saturated heterocycles. The van der Waals surface area contributed by atoms with E-state index in [1.54, 1.807) is 14.2 Å². The monoisotopic (exact) mass is 190 g/mol. The van der Waals surface area contributed by atoms with Gasteiger partial charge in [-0.2, -0.15) is 0 Å². The zero-order valence-corrected chi connectivity index (χ0v) is 11.2. The lowest BCUT2D eigenvalue weighted by Gasteiger charge is -2.03. The van der Waals surface area contributed by atoms with E-state index in [0.717, 1.165) is 16.2 Å². The molecular weight excluding hydrogens is 168 g/mol. The summed E-state index contributed by atoms with van der Waals surface area (Å²) < 4.78 is 9.48. The van der Waals surface area contributed by atoms with Crippen LogP contribution in [0.2, 0.25) is 0 Å². The van der Waals surface area contributed by atoms with Crippen molar-refractivity contribution in [2.45, 2.75) is 33.1 Å². The fourth-order valence-electron chi connectivity index (χ4n) is 0.826. The third kappa shape index (κ3) is 4.90. The number of rotatable bonds is 2. The number of methoxy groups -OCH3 is 2. The summed E-state index contributed by atoms with van der Waals surface area (Å²) in [6.07, 6.45) is 1.44. The Morgan fingerprint density at radius 2 is 1.58 bits per heavy atom. The SMILES string of the molecule is CC1CC1(C)C.COC([SiH3])OC. The first-order valence-corrected chi connectivity index (χ1v) is 5.65. The Balaban J connectivity index is 0.000000202. The summed E-state index contributed by atoms with van der Waals surface area (Å²) in [4.78, 5) is 0. The minimum absolute atomic E-state index is 0.0741. The zero-order chi connectivity index (χ0) is 9.78. The lowest BCUT2D eigenvalue weighted by atomic mass is 10.1. The van der Waals surface area contributed by atoms with Gasteiger partial charge in [0.1, 0.15) is 5.91 Å². The van der Waals surface area contributed by atoms with E-state index in [9.17, 15) is 0 Å². The normalized spacial score (nSPS) is 25.0. The molecule has 1 rings (SSSR count). The Morgan fingerprint density at radius 1 is 1.33 bits per heavy atom. The molecule has 0 radical (unpaired) electrons. The molecule has 1 fully saturated rings. The Hall–Kier alpha value is 0.137. The van der Waals surface area contributed by atoms with E-state index in [2.05, 4.69) is 20.8 Å². The highest BCUT2D eigenvalue weighted by Crippen LogP contribution is 2.50. The molecule has 0 N–H and O–H groups in total. The van der Waals surface area contributed by atoms with Crippen LogP contribution in [0.5, 0.6) is 0 Å². The number of ether oxygens (including phenoxy) is 2. The van der Waals surface area contributed by atoms with Crippen molar-refractivity contribution in [3.8, 4) is 0 Å². The first kappa shape index (κ1) is 12.1. The Kier molecular flexibility index (Phi) is 5.05. The van der Waals surface area contributed by atoms with E-state index in [1.165, 1.54) is 6.42 Å². The van der Waals surface area contributed by atoms with Crippen molar-refractivity contribution in [3.63, 3.8) is 0 Å². The van der Waals surface area contributed by atoms with Crippen molar-refractivity contribution in [1.29, 1.82) is 0 Å². The molecule has 0 aliphatic heterocycles. The second kappa shape index (κ2) is 4.99. The molecule has 2 nitrogen and oxygen atoms in total. The van der Waals surface area contributed by atoms with Crippen molar-refractivity contribution in [1.82, 2.24) is 0 Å². The van der Waals surface area contributed by atoms with Crippen LogP contribution in [0.1, 0.15) is 27.2 Å². The maximum absolute atomic E-state index is 4.74. The van der Waals surface area contributed by atoms with Crippen LogP contribution in [0.3, 0.4) is 0 Å². The molecule has 3 heteroatoms. The lowest BCUT2D eigenvalue weighted by molar-refractivity contribution is -0.0411. The van der Waals surface area contributed by atoms with E-state index in [4.69, 9.17) is 9.47 Å². The van der Waals surface area contributed by atoms with Gasteiger partial charge in [-0.05, 0) is 17.8 Å². The van der Waals surface area contributed by atoms with Gasteiger partial charge in [0.15, 0.2) is 0 Å². The molecule has 0 aromatic carbocycles. The highest BCUT2D eigenvalue weighted by Gasteiger charge is 2.41. The van der Waals surface area contributed by atoms with Gasteiger partial charge in [0.05, 0.1) is 10.2 Å². The van der Waals surface area contributed by atoms with Gasteiger partial charge in [0, 0.05) is 14.2 Å². The first-order chi connectivity index (χ1) is 5.44. The van der Waals surface area contributed by atoms with Crippen LogP contribution in [0.25, 0.3) is 0 Å². The van der Waals surface area contributed by atoms with Crippen molar-refractivity contribution in [2.24, 2.45) is 11.3 Å². The van der Waals surface area contributed by atoms with Crippen LogP contribution in [-0.2, 0) is 9.47 Å². The second-order valence-corrected chi connectivity index (χ2v) is 5.08. The summed E-state index contributed by atoms with van der Waals surface area (Å²) in [6, 6.07) is 0. The van der Waals surface area contributed by atoms with E-state index >= 15 is 0 Å². The number of hydrogen-bond acceptors (Lipinski definition) is 2. The van der Waals surface area contributed by atoms with E-state index < -0.39 is 0 Å². The quantitative estimate of drug-likeness (QED) is 0.477. The largest absolute Gasteiger partial charge is 0.361 e. The first-order valence-electron chi connectivity index (χ1n) is 4.49. The van der Waals surface area contributed by atoms with Gasteiger partial charge in [-0.3, -0.25) is 0 Å². The van der Waals surface area contributed by atoms with Crippen LogP contribution in [0.15, 0.2) is 0 Å². The summed E-state index contributed by atoms with van der Waals surface area (Å²) in [6.45, 7) is 6.94. The van der Waals surface area contributed by atoms with Crippen LogP contribution in [0.4, 0.5) is 0 Å². The summed E-state index contributed by atoms with van der Waals surface area (Å²) >= 11 is 0. The summed E-state index contributed by atoms with van der Waals surface area (Å²) in [5.41, 5.74) is 0.708. The van der Waals surface area contributed by atoms with Gasteiger partial charge in [-0.25, -0.2) is 0 Å². The molecular formula is C9H22O2Si. The molecule has 1 aliphatic rings. The molecule has 12 heavy (non-hydrogen) atoms. The minimum Gasteiger partial charge on any atom is -0.361 e. The van der Waals surface area contributed by atoms with E-state index in [0.29, 0.717) is 5.41 Å². The summed E-state index contributed by atoms with van der Waals surface area (Å²) in [7, 11) is 4.23. The third-order valence-corrected chi connectivity index (χ3v) is 3.61. The van der Waals surface area contributed by atoms with Crippen molar-refractivity contribution in [3.05, 3.63) is 0 Å². The van der Waals surface area contributed by atoms with Crippen molar-refractivity contribution >= 4 is 10.2 Å². The van der Waals surface area contributed by atoms with Crippen LogP contribution in [-0.4, -0.2) is 30.4 Å². The van der Waals surface area contributed by atoms with Crippen molar-refractivity contribution < 1.29 is 9.47 Å². The van der Waals surface area contributed by atoms with Gasteiger partial charge >= 0.3 is 0 Å². The highest BCUT2D eigenvalue weighted by atomic mass is 28.1.